The van der Waals surface area contributed by atoms with Gasteiger partial charge in [-0.2, -0.15) is 0 Å². The molecular weight excluding hydrogens is 544 g/mol. The summed E-state index contributed by atoms with van der Waals surface area (Å²) in [5, 5.41) is 23.3. The van der Waals surface area contributed by atoms with E-state index in [4.69, 9.17) is 16.7 Å². The van der Waals surface area contributed by atoms with Gasteiger partial charge in [-0.25, -0.2) is 4.79 Å². The van der Waals surface area contributed by atoms with Crippen LogP contribution in [0.2, 0.25) is 5.02 Å². The van der Waals surface area contributed by atoms with Crippen LogP contribution in [0.5, 0.6) is 5.75 Å². The molecule has 4 rings (SSSR count). The summed E-state index contributed by atoms with van der Waals surface area (Å²) in [6, 6.07) is 29.7. The molecule has 42 heavy (non-hydrogen) atoms. The van der Waals surface area contributed by atoms with E-state index in [-0.39, 0.29) is 11.5 Å². The Hall–Kier alpha value is -3.80. The Morgan fingerprint density at radius 1 is 0.833 bits per heavy atom. The summed E-state index contributed by atoms with van der Waals surface area (Å²) in [6.07, 6.45) is 0.997. The van der Waals surface area contributed by atoms with Crippen LogP contribution < -0.4 is 5.32 Å². The molecule has 0 unspecified atom stereocenters. The molecule has 0 aliphatic carbocycles. The summed E-state index contributed by atoms with van der Waals surface area (Å²) >= 11 is 6.03. The van der Waals surface area contributed by atoms with Crippen LogP contribution in [-0.4, -0.2) is 39.7 Å². The molecule has 0 saturated carbocycles. The number of carboxylic acid groups (broad SMARTS) is 1. The number of benzene rings is 4. The highest BCUT2D eigenvalue weighted by molar-refractivity contribution is 6.31. The highest BCUT2D eigenvalue weighted by atomic mass is 35.5. The molecular formula is C36H43ClN2O3. The lowest BCUT2D eigenvalue weighted by atomic mass is 9.87. The molecule has 0 aliphatic heterocycles. The van der Waals surface area contributed by atoms with Crippen molar-refractivity contribution in [3.05, 3.63) is 124 Å². The number of hydrogen-bond donors (Lipinski definition) is 3. The number of aromatic hydroxyl groups is 1. The quantitative estimate of drug-likeness (QED) is 0.173. The molecule has 3 N–H and O–H groups in total. The maximum atomic E-state index is 11.1. The number of carboxylic acids is 1. The van der Waals surface area contributed by atoms with Crippen LogP contribution in [0.1, 0.15) is 72.6 Å². The van der Waals surface area contributed by atoms with Crippen molar-refractivity contribution in [3.8, 4) is 5.75 Å². The minimum absolute atomic E-state index is 0.214. The third kappa shape index (κ3) is 8.85. The van der Waals surface area contributed by atoms with E-state index in [1.165, 1.54) is 11.1 Å². The third-order valence-corrected chi connectivity index (χ3v) is 7.87. The second-order valence-electron chi connectivity index (χ2n) is 11.1. The van der Waals surface area contributed by atoms with Crippen LogP contribution >= 0.6 is 11.6 Å². The first kappa shape index (κ1) is 32.7. The lowest BCUT2D eigenvalue weighted by Crippen LogP contribution is -2.38. The summed E-state index contributed by atoms with van der Waals surface area (Å²) in [5.41, 5.74) is 5.97. The monoisotopic (exact) mass is 586 g/mol. The number of phenolic OH excluding ortho intramolecular Hbond substituents is 1. The van der Waals surface area contributed by atoms with Crippen LogP contribution in [0, 0.1) is 13.8 Å². The van der Waals surface area contributed by atoms with Gasteiger partial charge in [0, 0.05) is 34.3 Å². The van der Waals surface area contributed by atoms with E-state index in [0.717, 1.165) is 29.8 Å². The molecule has 0 aliphatic rings. The number of rotatable bonds is 10. The van der Waals surface area contributed by atoms with Crippen molar-refractivity contribution in [2.24, 2.45) is 0 Å². The van der Waals surface area contributed by atoms with E-state index in [9.17, 15) is 9.90 Å². The Morgan fingerprint density at radius 3 is 2.10 bits per heavy atom. The SMILES string of the molecule is Cc1c(Cl)cccc1Nc1ccccc1C(=O)O.Cc1ccc(O)c([C@H](CCN(C(C)C)C(C)C)c2ccccc2)c1. The molecule has 0 aromatic heterocycles. The molecule has 0 fully saturated rings. The van der Waals surface area contributed by atoms with Crippen LogP contribution in [0.4, 0.5) is 11.4 Å². The number of aromatic carboxylic acids is 1. The zero-order valence-corrected chi connectivity index (χ0v) is 26.2. The first-order chi connectivity index (χ1) is 20.0. The number of carbonyl (C=O) groups is 1. The molecule has 0 amide bonds. The number of nitrogens with zero attached hydrogens (tertiary/aromatic N) is 1. The van der Waals surface area contributed by atoms with Gasteiger partial charge in [0.2, 0.25) is 0 Å². The van der Waals surface area contributed by atoms with E-state index < -0.39 is 5.97 Å². The minimum atomic E-state index is -0.960. The Morgan fingerprint density at radius 2 is 1.45 bits per heavy atom. The Bertz CT molecular complexity index is 1450. The van der Waals surface area contributed by atoms with Gasteiger partial charge in [-0.3, -0.25) is 4.90 Å². The van der Waals surface area contributed by atoms with Gasteiger partial charge in [0.25, 0.3) is 0 Å². The van der Waals surface area contributed by atoms with Gasteiger partial charge in [0.1, 0.15) is 5.75 Å². The number of phenols is 1. The van der Waals surface area contributed by atoms with Crippen molar-refractivity contribution in [2.45, 2.75) is 66.0 Å². The molecule has 0 bridgehead atoms. The number of nitrogens with one attached hydrogen (secondary N) is 1. The van der Waals surface area contributed by atoms with Gasteiger partial charge in [0.05, 0.1) is 11.3 Å². The number of para-hydroxylation sites is 1. The second-order valence-corrected chi connectivity index (χ2v) is 11.5. The molecule has 1 atom stereocenters. The molecule has 0 radical (unpaired) electrons. The predicted octanol–water partition coefficient (Wildman–Crippen LogP) is 9.43. The number of hydrogen-bond acceptors (Lipinski definition) is 4. The molecule has 222 valence electrons. The Balaban J connectivity index is 0.000000240. The van der Waals surface area contributed by atoms with Crippen molar-refractivity contribution >= 4 is 28.9 Å². The lowest BCUT2D eigenvalue weighted by Gasteiger charge is -2.32. The number of aryl methyl sites for hydroxylation is 1. The average molecular weight is 587 g/mol. The first-order valence-electron chi connectivity index (χ1n) is 14.4. The van der Waals surface area contributed by atoms with E-state index in [1.807, 2.05) is 37.3 Å². The van der Waals surface area contributed by atoms with Gasteiger partial charge in [0.15, 0.2) is 0 Å². The first-order valence-corrected chi connectivity index (χ1v) is 14.8. The third-order valence-electron chi connectivity index (χ3n) is 7.46. The fourth-order valence-electron chi connectivity index (χ4n) is 5.20. The van der Waals surface area contributed by atoms with Crippen molar-refractivity contribution in [1.82, 2.24) is 4.90 Å². The highest BCUT2D eigenvalue weighted by Gasteiger charge is 2.21. The van der Waals surface area contributed by atoms with E-state index in [1.54, 1.807) is 30.3 Å². The topological polar surface area (TPSA) is 72.8 Å². The summed E-state index contributed by atoms with van der Waals surface area (Å²) in [7, 11) is 0. The van der Waals surface area contributed by atoms with Gasteiger partial charge in [-0.15, -0.1) is 0 Å². The Labute approximate surface area is 255 Å². The van der Waals surface area contributed by atoms with Crippen LogP contribution in [0.3, 0.4) is 0 Å². The largest absolute Gasteiger partial charge is 0.508 e. The normalized spacial score (nSPS) is 11.8. The molecule has 5 nitrogen and oxygen atoms in total. The molecule has 4 aromatic carbocycles. The second kappa shape index (κ2) is 15.4. The molecule has 6 heteroatoms. The van der Waals surface area contributed by atoms with Crippen LogP contribution in [-0.2, 0) is 0 Å². The van der Waals surface area contributed by atoms with Crippen LogP contribution in [0.25, 0.3) is 0 Å². The number of anilines is 2. The van der Waals surface area contributed by atoms with Crippen molar-refractivity contribution in [3.63, 3.8) is 0 Å². The van der Waals surface area contributed by atoms with Crippen molar-refractivity contribution in [2.75, 3.05) is 11.9 Å². The zero-order valence-electron chi connectivity index (χ0n) is 25.4. The molecule has 0 saturated heterocycles. The van der Waals surface area contributed by atoms with E-state index in [2.05, 4.69) is 75.2 Å². The smallest absolute Gasteiger partial charge is 0.337 e. The fraction of sp³-hybridized carbons (Fsp3) is 0.306. The predicted molar refractivity (Wildman–Crippen MR) is 176 cm³/mol. The van der Waals surface area contributed by atoms with Gasteiger partial charge >= 0.3 is 5.97 Å². The molecule has 0 heterocycles. The Kier molecular flexibility index (Phi) is 12.0. The zero-order chi connectivity index (χ0) is 30.8. The fourth-order valence-corrected chi connectivity index (χ4v) is 5.37. The van der Waals surface area contributed by atoms with Crippen molar-refractivity contribution < 1.29 is 15.0 Å². The van der Waals surface area contributed by atoms with Gasteiger partial charge < -0.3 is 15.5 Å². The molecule has 0 spiro atoms. The van der Waals surface area contributed by atoms with Crippen LogP contribution in [0.15, 0.2) is 91.0 Å². The van der Waals surface area contributed by atoms with Gasteiger partial charge in [-0.05, 0) is 96.0 Å². The highest BCUT2D eigenvalue weighted by Crippen LogP contribution is 2.35. The summed E-state index contributed by atoms with van der Waals surface area (Å²) in [4.78, 5) is 13.6. The van der Waals surface area contributed by atoms with Crippen molar-refractivity contribution in [1.29, 1.82) is 0 Å². The minimum Gasteiger partial charge on any atom is -0.508 e. The summed E-state index contributed by atoms with van der Waals surface area (Å²) < 4.78 is 0. The summed E-state index contributed by atoms with van der Waals surface area (Å²) in [6.45, 7) is 14.0. The lowest BCUT2D eigenvalue weighted by molar-refractivity contribution is 0.0698. The van der Waals surface area contributed by atoms with E-state index in [0.29, 0.717) is 28.5 Å². The molecule has 4 aromatic rings. The maximum absolute atomic E-state index is 11.1. The van der Waals surface area contributed by atoms with E-state index >= 15 is 0 Å². The standard InChI is InChI=1S/C22H31NO.C14H12ClNO2/c1-16(2)23(17(3)4)14-13-20(19-9-7-6-8-10-19)21-15-18(5)11-12-22(21)24;1-9-11(15)6-4-8-12(9)16-13-7-3-2-5-10(13)14(17)18/h6-12,15-17,20,24H,13-14H2,1-5H3;2-8,16H,1H3,(H,17,18)/t20-;/m1./s1. The average Bonchev–Trinajstić information content (AvgIpc) is 2.96. The number of halogens is 1. The van der Waals surface area contributed by atoms with Gasteiger partial charge in [-0.1, -0.05) is 77.8 Å². The maximum Gasteiger partial charge on any atom is 0.337 e. The summed E-state index contributed by atoms with van der Waals surface area (Å²) in [5.74, 6) is -0.348.